The first-order valence-electron chi connectivity index (χ1n) is 9.09. The van der Waals surface area contributed by atoms with E-state index < -0.39 is 11.5 Å². The molecule has 1 saturated heterocycles. The van der Waals surface area contributed by atoms with Crippen molar-refractivity contribution in [1.29, 1.82) is 5.26 Å². The first kappa shape index (κ1) is 17.7. The van der Waals surface area contributed by atoms with Gasteiger partial charge in [-0.15, -0.1) is 0 Å². The lowest BCUT2D eigenvalue weighted by atomic mass is 10.0. The maximum atomic E-state index is 12.6. The molecule has 3 aromatic rings. The Kier molecular flexibility index (Phi) is 4.77. The molecule has 0 radical (unpaired) electrons. The number of para-hydroxylation sites is 1. The number of nitriles is 1. The van der Waals surface area contributed by atoms with Crippen molar-refractivity contribution in [3.05, 3.63) is 70.2 Å². The maximum Gasteiger partial charge on any atom is 0.349 e. The van der Waals surface area contributed by atoms with Crippen molar-refractivity contribution in [3.63, 3.8) is 0 Å². The first-order valence-corrected chi connectivity index (χ1v) is 9.09. The second-order valence-corrected chi connectivity index (χ2v) is 6.71. The summed E-state index contributed by atoms with van der Waals surface area (Å²) in [6.07, 6.45) is 3.07. The second kappa shape index (κ2) is 7.53. The average Bonchev–Trinajstić information content (AvgIpc) is 2.73. The summed E-state index contributed by atoms with van der Waals surface area (Å²) < 4.78 is 5.24. The Morgan fingerprint density at radius 2 is 2.00 bits per heavy atom. The molecule has 1 aliphatic heterocycles. The largest absolute Gasteiger partial charge is 0.422 e. The van der Waals surface area contributed by atoms with E-state index in [0.29, 0.717) is 48.3 Å². The molecule has 1 N–H and O–H groups in total. The summed E-state index contributed by atoms with van der Waals surface area (Å²) in [6.45, 7) is 1.34. The van der Waals surface area contributed by atoms with E-state index in [1.165, 1.54) is 0 Å². The number of rotatable bonds is 3. The van der Waals surface area contributed by atoms with Crippen molar-refractivity contribution in [3.8, 4) is 6.07 Å². The fourth-order valence-electron chi connectivity index (χ4n) is 3.46. The maximum absolute atomic E-state index is 12.6. The van der Waals surface area contributed by atoms with Crippen LogP contribution in [-0.4, -0.2) is 30.0 Å². The Labute approximate surface area is 161 Å². The number of aromatic nitrogens is 1. The normalized spacial score (nSPS) is 14.6. The molecule has 0 aliphatic carbocycles. The van der Waals surface area contributed by atoms with Crippen molar-refractivity contribution in [2.24, 2.45) is 0 Å². The number of amides is 1. The van der Waals surface area contributed by atoms with Crippen molar-refractivity contribution >= 4 is 22.7 Å². The lowest BCUT2D eigenvalue weighted by Crippen LogP contribution is -2.45. The molecule has 0 saturated carbocycles. The van der Waals surface area contributed by atoms with Crippen LogP contribution in [-0.2, 0) is 0 Å². The number of benzene rings is 1. The van der Waals surface area contributed by atoms with Gasteiger partial charge in [0.05, 0.1) is 5.56 Å². The highest BCUT2D eigenvalue weighted by molar-refractivity contribution is 5.96. The lowest BCUT2D eigenvalue weighted by molar-refractivity contribution is 0.0927. The molecule has 1 aromatic carbocycles. The number of anilines is 1. The number of hydrogen-bond acceptors (Lipinski definition) is 6. The van der Waals surface area contributed by atoms with E-state index in [0.717, 1.165) is 0 Å². The number of carbonyl (C=O) groups is 1. The third-order valence-corrected chi connectivity index (χ3v) is 4.92. The van der Waals surface area contributed by atoms with E-state index in [-0.39, 0.29) is 11.6 Å². The van der Waals surface area contributed by atoms with Crippen molar-refractivity contribution < 1.29 is 9.21 Å². The number of pyridine rings is 1. The summed E-state index contributed by atoms with van der Waals surface area (Å²) in [7, 11) is 0. The summed E-state index contributed by atoms with van der Waals surface area (Å²) in [6, 6.07) is 14.3. The standard InChI is InChI=1S/C21H18N4O3/c22-13-15-5-3-9-23-19(15)25-10-7-16(8-11-25)24-20(26)17-12-14-4-1-2-6-18(14)28-21(17)27/h1-6,9,12,16H,7-8,10-11H2,(H,24,26). The summed E-state index contributed by atoms with van der Waals surface area (Å²) in [5.74, 6) is 0.249. The van der Waals surface area contributed by atoms with Crippen LogP contribution in [0.3, 0.4) is 0 Å². The number of nitrogens with zero attached hydrogens (tertiary/aromatic N) is 3. The minimum Gasteiger partial charge on any atom is -0.422 e. The van der Waals surface area contributed by atoms with Crippen LogP contribution in [0.1, 0.15) is 28.8 Å². The highest BCUT2D eigenvalue weighted by Crippen LogP contribution is 2.21. The van der Waals surface area contributed by atoms with Gasteiger partial charge in [0.2, 0.25) is 0 Å². The van der Waals surface area contributed by atoms with Gasteiger partial charge in [-0.1, -0.05) is 18.2 Å². The van der Waals surface area contributed by atoms with E-state index in [2.05, 4.69) is 16.4 Å². The highest BCUT2D eigenvalue weighted by Gasteiger charge is 2.24. The SMILES string of the molecule is N#Cc1cccnc1N1CCC(NC(=O)c2cc3ccccc3oc2=O)CC1. The summed E-state index contributed by atoms with van der Waals surface area (Å²) in [5, 5.41) is 12.9. The third-order valence-electron chi connectivity index (χ3n) is 4.92. The Morgan fingerprint density at radius 3 is 2.79 bits per heavy atom. The van der Waals surface area contributed by atoms with E-state index in [1.807, 2.05) is 11.0 Å². The van der Waals surface area contributed by atoms with Gasteiger partial charge in [0, 0.05) is 30.7 Å². The molecule has 0 bridgehead atoms. The van der Waals surface area contributed by atoms with Crippen molar-refractivity contribution in [1.82, 2.24) is 10.3 Å². The lowest BCUT2D eigenvalue weighted by Gasteiger charge is -2.33. The number of carbonyl (C=O) groups excluding carboxylic acids is 1. The zero-order valence-corrected chi connectivity index (χ0v) is 15.1. The van der Waals surface area contributed by atoms with Crippen LogP contribution in [0, 0.1) is 11.3 Å². The van der Waals surface area contributed by atoms with Gasteiger partial charge in [0.25, 0.3) is 5.91 Å². The summed E-state index contributed by atoms with van der Waals surface area (Å²) in [5.41, 5.74) is 0.373. The molecule has 1 fully saturated rings. The number of hydrogen-bond donors (Lipinski definition) is 1. The topological polar surface area (TPSA) is 99.2 Å². The molecule has 0 unspecified atom stereocenters. The molecule has 140 valence electrons. The van der Waals surface area contributed by atoms with Gasteiger partial charge in [-0.2, -0.15) is 5.26 Å². The van der Waals surface area contributed by atoms with Crippen LogP contribution < -0.4 is 15.8 Å². The fraction of sp³-hybridized carbons (Fsp3) is 0.238. The fourth-order valence-corrected chi connectivity index (χ4v) is 3.46. The minimum absolute atomic E-state index is 0.0117. The molecule has 7 heteroatoms. The molecular formula is C21H18N4O3. The van der Waals surface area contributed by atoms with Gasteiger partial charge >= 0.3 is 5.63 Å². The van der Waals surface area contributed by atoms with E-state index in [4.69, 9.17) is 4.42 Å². The average molecular weight is 374 g/mol. The van der Waals surface area contributed by atoms with Crippen LogP contribution in [0.15, 0.2) is 57.9 Å². The van der Waals surface area contributed by atoms with E-state index >= 15 is 0 Å². The molecule has 3 heterocycles. The van der Waals surface area contributed by atoms with Crippen LogP contribution in [0.2, 0.25) is 0 Å². The Bertz CT molecular complexity index is 1120. The van der Waals surface area contributed by atoms with Gasteiger partial charge < -0.3 is 14.6 Å². The number of piperidine rings is 1. The Hall–Kier alpha value is -3.66. The second-order valence-electron chi connectivity index (χ2n) is 6.71. The molecular weight excluding hydrogens is 356 g/mol. The molecule has 1 aliphatic rings. The highest BCUT2D eigenvalue weighted by atomic mass is 16.4. The molecule has 0 atom stereocenters. The van der Waals surface area contributed by atoms with Crippen molar-refractivity contribution in [2.75, 3.05) is 18.0 Å². The number of fused-ring (bicyclic) bond motifs is 1. The minimum atomic E-state index is -0.638. The first-order chi connectivity index (χ1) is 13.7. The molecule has 7 nitrogen and oxygen atoms in total. The number of nitrogens with one attached hydrogen (secondary N) is 1. The van der Waals surface area contributed by atoms with Gasteiger partial charge in [-0.25, -0.2) is 9.78 Å². The predicted molar refractivity (Wildman–Crippen MR) is 104 cm³/mol. The summed E-state index contributed by atoms with van der Waals surface area (Å²) in [4.78, 5) is 31.1. The monoisotopic (exact) mass is 374 g/mol. The molecule has 1 amide bonds. The van der Waals surface area contributed by atoms with E-state index in [9.17, 15) is 14.9 Å². The zero-order valence-electron chi connectivity index (χ0n) is 15.1. The Balaban J connectivity index is 1.44. The molecule has 28 heavy (non-hydrogen) atoms. The van der Waals surface area contributed by atoms with Crippen molar-refractivity contribution in [2.45, 2.75) is 18.9 Å². The van der Waals surface area contributed by atoms with Gasteiger partial charge in [0.15, 0.2) is 0 Å². The van der Waals surface area contributed by atoms with Gasteiger partial charge in [-0.05, 0) is 37.1 Å². The van der Waals surface area contributed by atoms with Gasteiger partial charge in [-0.3, -0.25) is 4.79 Å². The molecule has 4 rings (SSSR count). The predicted octanol–water partition coefficient (Wildman–Crippen LogP) is 2.46. The van der Waals surface area contributed by atoms with Crippen LogP contribution >= 0.6 is 0 Å². The van der Waals surface area contributed by atoms with Crippen LogP contribution in [0.5, 0.6) is 0 Å². The quantitative estimate of drug-likeness (QED) is 0.707. The van der Waals surface area contributed by atoms with E-state index in [1.54, 1.807) is 42.6 Å². The molecule has 2 aromatic heterocycles. The third kappa shape index (κ3) is 3.45. The summed E-state index contributed by atoms with van der Waals surface area (Å²) >= 11 is 0. The smallest absolute Gasteiger partial charge is 0.349 e. The van der Waals surface area contributed by atoms with Gasteiger partial charge in [0.1, 0.15) is 23.0 Å². The van der Waals surface area contributed by atoms with Crippen LogP contribution in [0.4, 0.5) is 5.82 Å². The zero-order chi connectivity index (χ0) is 19.5. The molecule has 0 spiro atoms. The Morgan fingerprint density at radius 1 is 1.21 bits per heavy atom. The van der Waals surface area contributed by atoms with Crippen LogP contribution in [0.25, 0.3) is 11.0 Å².